The molecular weight excluding hydrogens is 210 g/mol. The molecule has 1 aromatic carbocycles. The summed E-state index contributed by atoms with van der Waals surface area (Å²) in [7, 11) is 0. The van der Waals surface area contributed by atoms with Gasteiger partial charge in [0.25, 0.3) is 0 Å². The smallest absolute Gasteiger partial charge is 0.106 e. The minimum absolute atomic E-state index is 0.484. The second-order valence-electron chi connectivity index (χ2n) is 2.95. The Morgan fingerprint density at radius 1 is 1.27 bits per heavy atom. The molecule has 0 aliphatic rings. The highest BCUT2D eigenvalue weighted by atomic mass is 35.5. The molecule has 0 bridgehead atoms. The lowest BCUT2D eigenvalue weighted by Gasteiger charge is -1.96. The Kier molecular flexibility index (Phi) is 3.15. The van der Waals surface area contributed by atoms with Crippen LogP contribution in [0.5, 0.6) is 0 Å². The highest BCUT2D eigenvalue weighted by Crippen LogP contribution is 2.04. The van der Waals surface area contributed by atoms with Gasteiger partial charge in [0, 0.05) is 5.88 Å². The lowest BCUT2D eigenvalue weighted by atomic mass is 10.3. The first-order chi connectivity index (χ1) is 7.40. The van der Waals surface area contributed by atoms with E-state index in [0.29, 0.717) is 5.88 Å². The maximum absolute atomic E-state index is 5.53. The van der Waals surface area contributed by atoms with E-state index in [4.69, 9.17) is 11.6 Å². The number of alkyl halides is 1. The summed E-state index contributed by atoms with van der Waals surface area (Å²) in [5.74, 6) is 0.484. The van der Waals surface area contributed by atoms with E-state index in [9.17, 15) is 0 Å². The van der Waals surface area contributed by atoms with Gasteiger partial charge in [-0.05, 0) is 18.2 Å². The summed E-state index contributed by atoms with van der Waals surface area (Å²) in [6, 6.07) is 9.77. The second-order valence-corrected chi connectivity index (χ2v) is 3.26. The monoisotopic (exact) mass is 219 g/mol. The van der Waals surface area contributed by atoms with E-state index in [1.807, 2.05) is 42.5 Å². The lowest BCUT2D eigenvalue weighted by molar-refractivity contribution is 0.750. The fourth-order valence-electron chi connectivity index (χ4n) is 1.20. The second kappa shape index (κ2) is 4.75. The average Bonchev–Trinajstić information content (AvgIpc) is 2.76. The zero-order valence-electron chi connectivity index (χ0n) is 8.05. The summed E-state index contributed by atoms with van der Waals surface area (Å²) >= 11 is 5.53. The normalized spacial score (nSPS) is 11.0. The minimum atomic E-state index is 0.484. The first-order valence-electron chi connectivity index (χ1n) is 4.60. The van der Waals surface area contributed by atoms with Crippen molar-refractivity contribution >= 4 is 17.7 Å². The Hall–Kier alpha value is -1.61. The van der Waals surface area contributed by atoms with Crippen LogP contribution in [0.25, 0.3) is 11.8 Å². The average molecular weight is 220 g/mol. The fraction of sp³-hybridized carbons (Fsp3) is 0.0909. The number of halogens is 1. The molecule has 0 saturated heterocycles. The highest BCUT2D eigenvalue weighted by molar-refractivity contribution is 6.19. The Balaban J connectivity index is 2.24. The molecule has 0 atom stereocenters. The van der Waals surface area contributed by atoms with Crippen LogP contribution in [0, 0.1) is 0 Å². The van der Waals surface area contributed by atoms with Crippen LogP contribution in [0.4, 0.5) is 0 Å². The molecule has 4 heteroatoms. The molecule has 0 radical (unpaired) electrons. The molecule has 0 fully saturated rings. The number of nitrogens with zero attached hydrogens (tertiary/aromatic N) is 3. The molecule has 0 saturated carbocycles. The molecule has 2 rings (SSSR count). The van der Waals surface area contributed by atoms with Crippen LogP contribution < -0.4 is 0 Å². The predicted molar refractivity (Wildman–Crippen MR) is 61.1 cm³/mol. The van der Waals surface area contributed by atoms with Crippen molar-refractivity contribution in [2.75, 3.05) is 5.88 Å². The van der Waals surface area contributed by atoms with Gasteiger partial charge in [0.15, 0.2) is 0 Å². The molecule has 0 N–H and O–H groups in total. The topological polar surface area (TPSA) is 30.7 Å². The third-order valence-corrected chi connectivity index (χ3v) is 2.05. The van der Waals surface area contributed by atoms with Crippen LogP contribution in [0.15, 0.2) is 42.6 Å². The first kappa shape index (κ1) is 9.93. The first-order valence-corrected chi connectivity index (χ1v) is 5.14. The summed E-state index contributed by atoms with van der Waals surface area (Å²) in [6.07, 6.45) is 5.39. The number of hydrogen-bond acceptors (Lipinski definition) is 2. The van der Waals surface area contributed by atoms with Gasteiger partial charge < -0.3 is 0 Å². The summed E-state index contributed by atoms with van der Waals surface area (Å²) in [6.45, 7) is 0. The van der Waals surface area contributed by atoms with Gasteiger partial charge in [-0.3, -0.25) is 0 Å². The van der Waals surface area contributed by atoms with Crippen molar-refractivity contribution in [2.24, 2.45) is 0 Å². The largest absolute Gasteiger partial charge is 0.156 e. The van der Waals surface area contributed by atoms with Crippen molar-refractivity contribution in [3.8, 4) is 5.69 Å². The third kappa shape index (κ3) is 2.44. The molecule has 0 spiro atoms. The lowest BCUT2D eigenvalue weighted by Crippen LogP contribution is -1.97. The van der Waals surface area contributed by atoms with E-state index >= 15 is 0 Å². The minimum Gasteiger partial charge on any atom is -0.156 e. The van der Waals surface area contributed by atoms with Crippen molar-refractivity contribution < 1.29 is 0 Å². The molecule has 0 aliphatic heterocycles. The third-order valence-electron chi connectivity index (χ3n) is 1.87. The Morgan fingerprint density at radius 3 is 2.80 bits per heavy atom. The van der Waals surface area contributed by atoms with E-state index in [0.717, 1.165) is 11.4 Å². The van der Waals surface area contributed by atoms with Crippen LogP contribution in [-0.2, 0) is 0 Å². The highest BCUT2D eigenvalue weighted by Gasteiger charge is 1.98. The van der Waals surface area contributed by atoms with Crippen LogP contribution in [-0.4, -0.2) is 20.9 Å². The molecule has 76 valence electrons. The van der Waals surface area contributed by atoms with Gasteiger partial charge in [-0.2, -0.15) is 9.90 Å². The Morgan fingerprint density at radius 2 is 2.07 bits per heavy atom. The molecule has 0 amide bonds. The van der Waals surface area contributed by atoms with E-state index < -0.39 is 0 Å². The molecule has 2 aromatic rings. The molecule has 1 heterocycles. The molecule has 0 aliphatic carbocycles. The van der Waals surface area contributed by atoms with Crippen molar-refractivity contribution in [3.05, 3.63) is 48.3 Å². The van der Waals surface area contributed by atoms with Crippen LogP contribution >= 0.6 is 11.6 Å². The van der Waals surface area contributed by atoms with E-state index in [1.165, 1.54) is 0 Å². The predicted octanol–water partition coefficient (Wildman–Crippen LogP) is 2.52. The van der Waals surface area contributed by atoms with Crippen LogP contribution in [0.2, 0.25) is 0 Å². The SMILES string of the molecule is ClCC=Cc1cnn(-c2ccccc2)n1. The van der Waals surface area contributed by atoms with Gasteiger partial charge >= 0.3 is 0 Å². The van der Waals surface area contributed by atoms with Gasteiger partial charge in [-0.1, -0.05) is 24.3 Å². The number of benzene rings is 1. The Labute approximate surface area is 93.0 Å². The van der Waals surface area contributed by atoms with E-state index in [1.54, 1.807) is 11.0 Å². The Bertz CT molecular complexity index is 448. The molecule has 1 aromatic heterocycles. The maximum Gasteiger partial charge on any atom is 0.106 e. The number of aromatic nitrogens is 3. The van der Waals surface area contributed by atoms with Crippen molar-refractivity contribution in [1.29, 1.82) is 0 Å². The summed E-state index contributed by atoms with van der Waals surface area (Å²) in [5.41, 5.74) is 1.75. The van der Waals surface area contributed by atoms with Gasteiger partial charge in [0.2, 0.25) is 0 Å². The van der Waals surface area contributed by atoms with Crippen molar-refractivity contribution in [2.45, 2.75) is 0 Å². The zero-order valence-corrected chi connectivity index (χ0v) is 8.80. The number of rotatable bonds is 3. The summed E-state index contributed by atoms with van der Waals surface area (Å²) in [4.78, 5) is 1.59. The van der Waals surface area contributed by atoms with E-state index in [2.05, 4.69) is 10.2 Å². The van der Waals surface area contributed by atoms with Gasteiger partial charge in [-0.25, -0.2) is 0 Å². The standard InChI is InChI=1S/C11H10ClN3/c12-8-4-5-10-9-13-15(14-10)11-6-2-1-3-7-11/h1-7,9H,8H2. The quantitative estimate of drug-likeness (QED) is 0.743. The van der Waals surface area contributed by atoms with Gasteiger partial charge in [0.1, 0.15) is 5.69 Å². The summed E-state index contributed by atoms with van der Waals surface area (Å²) in [5, 5.41) is 8.43. The van der Waals surface area contributed by atoms with Gasteiger partial charge in [0.05, 0.1) is 11.9 Å². The van der Waals surface area contributed by atoms with Gasteiger partial charge in [-0.15, -0.1) is 16.7 Å². The van der Waals surface area contributed by atoms with Crippen molar-refractivity contribution in [1.82, 2.24) is 15.0 Å². The summed E-state index contributed by atoms with van der Waals surface area (Å²) < 4.78 is 0. The number of hydrogen-bond donors (Lipinski definition) is 0. The fourth-order valence-corrected chi connectivity index (χ4v) is 1.29. The van der Waals surface area contributed by atoms with Crippen molar-refractivity contribution in [3.63, 3.8) is 0 Å². The van der Waals surface area contributed by atoms with E-state index in [-0.39, 0.29) is 0 Å². The van der Waals surface area contributed by atoms with Crippen LogP contribution in [0.3, 0.4) is 0 Å². The molecule has 0 unspecified atom stereocenters. The molecule has 3 nitrogen and oxygen atoms in total. The molecular formula is C11H10ClN3. The van der Waals surface area contributed by atoms with Crippen LogP contribution in [0.1, 0.15) is 5.69 Å². The molecule has 15 heavy (non-hydrogen) atoms. The number of allylic oxidation sites excluding steroid dienone is 1. The number of para-hydroxylation sites is 1. The zero-order chi connectivity index (χ0) is 10.5. The maximum atomic E-state index is 5.53.